The first kappa shape index (κ1) is 15.3. The molecule has 21 heavy (non-hydrogen) atoms. The van der Waals surface area contributed by atoms with Crippen molar-refractivity contribution in [3.63, 3.8) is 0 Å². The van der Waals surface area contributed by atoms with E-state index in [0.29, 0.717) is 11.6 Å². The van der Waals surface area contributed by atoms with Gasteiger partial charge in [0, 0.05) is 41.6 Å². The van der Waals surface area contributed by atoms with Crippen LogP contribution in [0, 0.1) is 0 Å². The Morgan fingerprint density at radius 3 is 2.81 bits per heavy atom. The van der Waals surface area contributed by atoms with Gasteiger partial charge in [-0.25, -0.2) is 0 Å². The minimum atomic E-state index is 0.0912. The Bertz CT molecular complexity index is 534. The zero-order valence-corrected chi connectivity index (χ0v) is 14.3. The van der Waals surface area contributed by atoms with Crippen molar-refractivity contribution in [3.05, 3.63) is 28.2 Å². The summed E-state index contributed by atoms with van der Waals surface area (Å²) in [6, 6.07) is 6.06. The topological polar surface area (TPSA) is 32.8 Å². The molecule has 0 saturated carbocycles. The van der Waals surface area contributed by atoms with Gasteiger partial charge in [0.1, 0.15) is 0 Å². The maximum absolute atomic E-state index is 12.7. The van der Waals surface area contributed by atoms with Crippen LogP contribution in [-0.4, -0.2) is 61.1 Å². The lowest BCUT2D eigenvalue weighted by molar-refractivity contribution is 0.0185. The highest BCUT2D eigenvalue weighted by Gasteiger charge is 2.32. The van der Waals surface area contributed by atoms with Crippen LogP contribution in [0.4, 0.5) is 0 Å². The molecule has 2 aliphatic heterocycles. The van der Waals surface area contributed by atoms with Crippen LogP contribution in [0.3, 0.4) is 0 Å². The molecule has 2 aliphatic rings. The van der Waals surface area contributed by atoms with Gasteiger partial charge < -0.3 is 9.64 Å². The zero-order chi connectivity index (χ0) is 14.8. The maximum atomic E-state index is 12.7. The van der Waals surface area contributed by atoms with Crippen LogP contribution in [0.5, 0.6) is 0 Å². The summed E-state index contributed by atoms with van der Waals surface area (Å²) >= 11 is 7.79. The van der Waals surface area contributed by atoms with Crippen molar-refractivity contribution in [1.29, 1.82) is 0 Å². The predicted molar refractivity (Wildman–Crippen MR) is 88.1 cm³/mol. The van der Waals surface area contributed by atoms with E-state index in [9.17, 15) is 4.79 Å². The third-order valence-corrected chi connectivity index (χ3v) is 5.16. The Kier molecular flexibility index (Phi) is 4.88. The van der Waals surface area contributed by atoms with Gasteiger partial charge in [-0.05, 0) is 40.5 Å². The van der Waals surface area contributed by atoms with Crippen LogP contribution < -0.4 is 0 Å². The first-order valence-corrected chi connectivity index (χ1v) is 8.49. The molecule has 1 aromatic rings. The van der Waals surface area contributed by atoms with Crippen LogP contribution in [0.1, 0.15) is 16.8 Å². The van der Waals surface area contributed by atoms with Gasteiger partial charge >= 0.3 is 0 Å². The Hall–Kier alpha value is -0.560. The summed E-state index contributed by atoms with van der Waals surface area (Å²) in [6.07, 6.45) is 1.05. The minimum Gasteiger partial charge on any atom is -0.379 e. The number of halogens is 1. The van der Waals surface area contributed by atoms with Crippen molar-refractivity contribution in [1.82, 2.24) is 9.80 Å². The quantitative estimate of drug-likeness (QED) is 0.810. The van der Waals surface area contributed by atoms with Crippen LogP contribution in [0.15, 0.2) is 27.6 Å². The molecule has 0 N–H and O–H groups in total. The number of benzene rings is 1. The average Bonchev–Trinajstić information content (AvgIpc) is 3.00. The van der Waals surface area contributed by atoms with E-state index in [1.807, 2.05) is 23.1 Å². The van der Waals surface area contributed by atoms with Crippen molar-refractivity contribution in [2.45, 2.75) is 17.4 Å². The van der Waals surface area contributed by atoms with Gasteiger partial charge in [-0.15, -0.1) is 12.6 Å². The lowest BCUT2D eigenvalue weighted by atomic mass is 10.2. The number of amides is 1. The van der Waals surface area contributed by atoms with Gasteiger partial charge in [-0.2, -0.15) is 0 Å². The molecule has 1 amide bonds. The Balaban J connectivity index is 1.67. The smallest absolute Gasteiger partial charge is 0.255 e. The van der Waals surface area contributed by atoms with Gasteiger partial charge in [0.2, 0.25) is 0 Å². The van der Waals surface area contributed by atoms with E-state index in [-0.39, 0.29) is 5.91 Å². The zero-order valence-electron chi connectivity index (χ0n) is 11.8. The average molecular weight is 371 g/mol. The highest BCUT2D eigenvalue weighted by atomic mass is 79.9. The number of carbonyl (C=O) groups is 1. The number of hydrogen-bond donors (Lipinski definition) is 1. The fraction of sp³-hybridized carbons (Fsp3) is 0.533. The first-order valence-electron chi connectivity index (χ1n) is 7.25. The third kappa shape index (κ3) is 3.44. The molecule has 1 atom stereocenters. The molecule has 4 nitrogen and oxygen atoms in total. The van der Waals surface area contributed by atoms with Gasteiger partial charge in [0.15, 0.2) is 0 Å². The maximum Gasteiger partial charge on any atom is 0.255 e. The number of hydrogen-bond acceptors (Lipinski definition) is 4. The second kappa shape index (κ2) is 6.69. The lowest BCUT2D eigenvalue weighted by Crippen LogP contribution is -2.45. The molecule has 2 heterocycles. The van der Waals surface area contributed by atoms with Crippen molar-refractivity contribution >= 4 is 34.5 Å². The highest BCUT2D eigenvalue weighted by molar-refractivity contribution is 9.10. The molecule has 1 aromatic carbocycles. The normalized spacial score (nSPS) is 23.5. The van der Waals surface area contributed by atoms with Gasteiger partial charge in [0.05, 0.1) is 18.8 Å². The summed E-state index contributed by atoms with van der Waals surface area (Å²) in [5.41, 5.74) is 0.699. The minimum absolute atomic E-state index is 0.0912. The van der Waals surface area contributed by atoms with Crippen molar-refractivity contribution in [2.75, 3.05) is 39.4 Å². The van der Waals surface area contributed by atoms with Crippen LogP contribution >= 0.6 is 28.6 Å². The van der Waals surface area contributed by atoms with Crippen molar-refractivity contribution in [3.8, 4) is 0 Å². The molecule has 0 bridgehead atoms. The fourth-order valence-corrected chi connectivity index (χ4v) is 3.63. The van der Waals surface area contributed by atoms with E-state index in [1.54, 1.807) is 0 Å². The second-order valence-electron chi connectivity index (χ2n) is 5.51. The lowest BCUT2D eigenvalue weighted by Gasteiger charge is -2.32. The predicted octanol–water partition coefficient (Wildman–Crippen LogP) is 2.28. The molecule has 3 rings (SSSR count). The summed E-state index contributed by atoms with van der Waals surface area (Å²) in [6.45, 7) is 5.19. The van der Waals surface area contributed by atoms with Crippen LogP contribution in [-0.2, 0) is 4.74 Å². The molecular weight excluding hydrogens is 352 g/mol. The summed E-state index contributed by atoms with van der Waals surface area (Å²) < 4.78 is 6.23. The molecule has 2 fully saturated rings. The summed E-state index contributed by atoms with van der Waals surface area (Å²) in [5, 5.41) is 0. The van der Waals surface area contributed by atoms with E-state index in [2.05, 4.69) is 33.5 Å². The summed E-state index contributed by atoms with van der Waals surface area (Å²) in [7, 11) is 0. The van der Waals surface area contributed by atoms with Crippen molar-refractivity contribution < 1.29 is 9.53 Å². The number of likely N-dealkylation sites (tertiary alicyclic amines) is 1. The van der Waals surface area contributed by atoms with E-state index >= 15 is 0 Å². The number of carbonyl (C=O) groups excluding carboxylic acids is 1. The van der Waals surface area contributed by atoms with E-state index < -0.39 is 0 Å². The Labute approximate surface area is 139 Å². The monoisotopic (exact) mass is 370 g/mol. The summed E-state index contributed by atoms with van der Waals surface area (Å²) in [5.74, 6) is 0.0912. The number of rotatable bonds is 2. The number of ether oxygens (including phenoxy) is 1. The molecule has 1 unspecified atom stereocenters. The van der Waals surface area contributed by atoms with Crippen LogP contribution in [0.2, 0.25) is 0 Å². The number of nitrogens with zero attached hydrogens (tertiary/aromatic N) is 2. The highest BCUT2D eigenvalue weighted by Crippen LogP contribution is 2.25. The van der Waals surface area contributed by atoms with E-state index in [0.717, 1.165) is 55.2 Å². The largest absolute Gasteiger partial charge is 0.379 e. The molecule has 0 aliphatic carbocycles. The molecule has 6 heteroatoms. The summed E-state index contributed by atoms with van der Waals surface area (Å²) in [4.78, 5) is 17.9. The molecule has 0 aromatic heterocycles. The molecule has 0 radical (unpaired) electrons. The Morgan fingerprint density at radius 1 is 1.29 bits per heavy atom. The standard InChI is InChI=1S/C15H19BrN2O2S/c16-14-2-1-12(21)9-13(14)15(19)18-4-3-11(10-18)17-5-7-20-8-6-17/h1-2,9,11,21H,3-8,10H2. The SMILES string of the molecule is O=C(c1cc(S)ccc1Br)N1CCC(N2CCOCC2)C1. The molecule has 114 valence electrons. The van der Waals surface area contributed by atoms with E-state index in [4.69, 9.17) is 4.74 Å². The molecule has 2 saturated heterocycles. The second-order valence-corrected chi connectivity index (χ2v) is 6.88. The van der Waals surface area contributed by atoms with E-state index in [1.165, 1.54) is 0 Å². The van der Waals surface area contributed by atoms with Gasteiger partial charge in [0.25, 0.3) is 5.91 Å². The number of thiol groups is 1. The van der Waals surface area contributed by atoms with Crippen molar-refractivity contribution in [2.24, 2.45) is 0 Å². The van der Waals surface area contributed by atoms with Gasteiger partial charge in [-0.1, -0.05) is 0 Å². The third-order valence-electron chi connectivity index (χ3n) is 4.19. The van der Waals surface area contributed by atoms with Gasteiger partial charge in [-0.3, -0.25) is 9.69 Å². The van der Waals surface area contributed by atoms with Crippen LogP contribution in [0.25, 0.3) is 0 Å². The molecular formula is C15H19BrN2O2S. The number of morpholine rings is 1. The Morgan fingerprint density at radius 2 is 2.05 bits per heavy atom. The molecule has 0 spiro atoms. The first-order chi connectivity index (χ1) is 10.1. The fourth-order valence-electron chi connectivity index (χ4n) is 3.01.